The zero-order chi connectivity index (χ0) is 15.9. The molecule has 0 fully saturated rings. The van der Waals surface area contributed by atoms with Crippen LogP contribution in [0.2, 0.25) is 0 Å². The number of benzene rings is 2. The van der Waals surface area contributed by atoms with Gasteiger partial charge in [-0.2, -0.15) is 0 Å². The van der Waals surface area contributed by atoms with Gasteiger partial charge in [0.25, 0.3) is 5.91 Å². The first-order valence-electron chi connectivity index (χ1n) is 6.91. The highest BCUT2D eigenvalue weighted by atomic mass is 19.1. The molecule has 0 saturated carbocycles. The van der Waals surface area contributed by atoms with Crippen molar-refractivity contribution in [2.75, 3.05) is 13.7 Å². The number of methoxy groups -OCH3 is 1. The second kappa shape index (κ2) is 7.45. The molecule has 0 aromatic heterocycles. The highest BCUT2D eigenvalue weighted by Crippen LogP contribution is 2.25. The van der Waals surface area contributed by atoms with Crippen molar-refractivity contribution in [3.8, 4) is 11.5 Å². The fourth-order valence-corrected chi connectivity index (χ4v) is 2.00. The second-order valence-electron chi connectivity index (χ2n) is 4.78. The average molecular weight is 303 g/mol. The summed E-state index contributed by atoms with van der Waals surface area (Å²) in [5.74, 6) is 0.515. The predicted molar refractivity (Wildman–Crippen MR) is 81.4 cm³/mol. The fraction of sp³-hybridized carbons (Fsp3) is 0.235. The Morgan fingerprint density at radius 2 is 1.77 bits per heavy atom. The van der Waals surface area contributed by atoms with E-state index in [-0.39, 0.29) is 24.4 Å². The van der Waals surface area contributed by atoms with Crippen molar-refractivity contribution in [3.05, 3.63) is 59.9 Å². The smallest absolute Gasteiger partial charge is 0.258 e. The quantitative estimate of drug-likeness (QED) is 0.892. The van der Waals surface area contributed by atoms with E-state index < -0.39 is 0 Å². The van der Waals surface area contributed by atoms with Crippen LogP contribution in [0.3, 0.4) is 0 Å². The maximum atomic E-state index is 12.9. The monoisotopic (exact) mass is 303 g/mol. The molecular weight excluding hydrogens is 285 g/mol. The first-order chi connectivity index (χ1) is 10.6. The molecule has 1 N–H and O–H groups in total. The van der Waals surface area contributed by atoms with Crippen molar-refractivity contribution in [2.45, 2.75) is 13.0 Å². The maximum absolute atomic E-state index is 12.9. The van der Waals surface area contributed by atoms with Gasteiger partial charge in [-0.3, -0.25) is 4.79 Å². The minimum atomic E-state index is -0.304. The van der Waals surface area contributed by atoms with Gasteiger partial charge in [-0.15, -0.1) is 0 Å². The first kappa shape index (κ1) is 15.8. The number of ether oxygens (including phenoxy) is 2. The van der Waals surface area contributed by atoms with Crippen LogP contribution in [0.4, 0.5) is 4.39 Å². The van der Waals surface area contributed by atoms with Crippen LogP contribution >= 0.6 is 0 Å². The minimum Gasteiger partial charge on any atom is -0.493 e. The molecule has 5 heteroatoms. The van der Waals surface area contributed by atoms with E-state index in [4.69, 9.17) is 9.47 Å². The van der Waals surface area contributed by atoms with Gasteiger partial charge >= 0.3 is 0 Å². The van der Waals surface area contributed by atoms with E-state index in [2.05, 4.69) is 5.32 Å². The van der Waals surface area contributed by atoms with E-state index in [1.807, 2.05) is 13.0 Å². The normalized spacial score (nSPS) is 11.6. The van der Waals surface area contributed by atoms with E-state index in [0.717, 1.165) is 5.56 Å². The van der Waals surface area contributed by atoms with Crippen molar-refractivity contribution >= 4 is 5.91 Å². The molecule has 0 bridgehead atoms. The van der Waals surface area contributed by atoms with Gasteiger partial charge in [0.15, 0.2) is 18.1 Å². The molecule has 2 aromatic rings. The van der Waals surface area contributed by atoms with Gasteiger partial charge < -0.3 is 14.8 Å². The third-order valence-electron chi connectivity index (χ3n) is 3.18. The lowest BCUT2D eigenvalue weighted by molar-refractivity contribution is -0.123. The summed E-state index contributed by atoms with van der Waals surface area (Å²) in [6.07, 6.45) is 0. The van der Waals surface area contributed by atoms with E-state index in [0.29, 0.717) is 11.5 Å². The Bertz CT molecular complexity index is 628. The van der Waals surface area contributed by atoms with Gasteiger partial charge in [-0.25, -0.2) is 4.39 Å². The van der Waals surface area contributed by atoms with Crippen LogP contribution in [-0.2, 0) is 4.79 Å². The molecule has 0 aliphatic heterocycles. The Hall–Kier alpha value is -2.56. The van der Waals surface area contributed by atoms with Crippen molar-refractivity contribution in [1.29, 1.82) is 0 Å². The van der Waals surface area contributed by atoms with Crippen LogP contribution in [-0.4, -0.2) is 19.6 Å². The van der Waals surface area contributed by atoms with Crippen molar-refractivity contribution < 1.29 is 18.7 Å². The highest BCUT2D eigenvalue weighted by molar-refractivity contribution is 5.78. The molecule has 116 valence electrons. The summed E-state index contributed by atoms with van der Waals surface area (Å²) >= 11 is 0. The van der Waals surface area contributed by atoms with Gasteiger partial charge in [0, 0.05) is 0 Å². The van der Waals surface area contributed by atoms with Crippen molar-refractivity contribution in [3.63, 3.8) is 0 Å². The number of halogens is 1. The molecule has 2 aromatic carbocycles. The standard InChI is InChI=1S/C17H18FNO3/c1-12(13-7-9-14(18)10-8-13)19-17(20)11-22-16-6-4-3-5-15(16)21-2/h3-10,12H,11H2,1-2H3,(H,19,20)/t12-/m0/s1. The van der Waals surface area contributed by atoms with E-state index in [9.17, 15) is 9.18 Å². The lowest BCUT2D eigenvalue weighted by Crippen LogP contribution is -2.31. The predicted octanol–water partition coefficient (Wildman–Crippen LogP) is 3.09. The largest absolute Gasteiger partial charge is 0.493 e. The number of hydrogen-bond acceptors (Lipinski definition) is 3. The van der Waals surface area contributed by atoms with E-state index >= 15 is 0 Å². The number of rotatable bonds is 6. The third-order valence-corrected chi connectivity index (χ3v) is 3.18. The molecule has 1 amide bonds. The molecule has 0 unspecified atom stereocenters. The Kier molecular flexibility index (Phi) is 5.36. The molecule has 0 heterocycles. The number of hydrogen-bond donors (Lipinski definition) is 1. The summed E-state index contributed by atoms with van der Waals surface area (Å²) in [5, 5.41) is 2.80. The SMILES string of the molecule is COc1ccccc1OCC(=O)N[C@@H](C)c1ccc(F)cc1. The third kappa shape index (κ3) is 4.22. The summed E-state index contributed by atoms with van der Waals surface area (Å²) in [6, 6.07) is 12.9. The number of carbonyl (C=O) groups excluding carboxylic acids is 1. The van der Waals surface area contributed by atoms with E-state index in [1.54, 1.807) is 37.4 Å². The lowest BCUT2D eigenvalue weighted by atomic mass is 10.1. The zero-order valence-electron chi connectivity index (χ0n) is 12.5. The maximum Gasteiger partial charge on any atom is 0.258 e. The van der Waals surface area contributed by atoms with Crippen LogP contribution in [0.1, 0.15) is 18.5 Å². The van der Waals surface area contributed by atoms with Crippen molar-refractivity contribution in [1.82, 2.24) is 5.32 Å². The van der Waals surface area contributed by atoms with Gasteiger partial charge in [0.1, 0.15) is 5.82 Å². The van der Waals surface area contributed by atoms with Gasteiger partial charge in [-0.05, 0) is 36.8 Å². The summed E-state index contributed by atoms with van der Waals surface area (Å²) in [4.78, 5) is 11.9. The number of amides is 1. The molecule has 0 aliphatic rings. The second-order valence-corrected chi connectivity index (χ2v) is 4.78. The van der Waals surface area contributed by atoms with Crippen molar-refractivity contribution in [2.24, 2.45) is 0 Å². The van der Waals surface area contributed by atoms with Gasteiger partial charge in [-0.1, -0.05) is 24.3 Å². The van der Waals surface area contributed by atoms with Crippen LogP contribution in [0.25, 0.3) is 0 Å². The molecule has 4 nitrogen and oxygen atoms in total. The van der Waals surface area contributed by atoms with Gasteiger partial charge in [0.2, 0.25) is 0 Å². The molecular formula is C17H18FNO3. The zero-order valence-corrected chi connectivity index (χ0v) is 12.5. The van der Waals surface area contributed by atoms with Gasteiger partial charge in [0.05, 0.1) is 13.2 Å². The molecule has 0 aliphatic carbocycles. The number of para-hydroxylation sites is 2. The Balaban J connectivity index is 1.88. The summed E-state index contributed by atoms with van der Waals surface area (Å²) in [7, 11) is 1.54. The average Bonchev–Trinajstić information content (AvgIpc) is 2.53. The molecule has 0 radical (unpaired) electrons. The summed E-state index contributed by atoms with van der Waals surface area (Å²) in [5.41, 5.74) is 0.826. The summed E-state index contributed by atoms with van der Waals surface area (Å²) < 4.78 is 23.5. The first-order valence-corrected chi connectivity index (χ1v) is 6.91. The summed E-state index contributed by atoms with van der Waals surface area (Å²) in [6.45, 7) is 1.71. The van der Waals surface area contributed by atoms with Crippen LogP contribution in [0.15, 0.2) is 48.5 Å². The Morgan fingerprint density at radius 1 is 1.14 bits per heavy atom. The molecule has 1 atom stereocenters. The van der Waals surface area contributed by atoms with Crippen LogP contribution < -0.4 is 14.8 Å². The molecule has 2 rings (SSSR count). The number of nitrogens with one attached hydrogen (secondary N) is 1. The lowest BCUT2D eigenvalue weighted by Gasteiger charge is -2.15. The Labute approximate surface area is 128 Å². The topological polar surface area (TPSA) is 47.6 Å². The Morgan fingerprint density at radius 3 is 2.41 bits per heavy atom. The highest BCUT2D eigenvalue weighted by Gasteiger charge is 2.11. The molecule has 22 heavy (non-hydrogen) atoms. The fourth-order valence-electron chi connectivity index (χ4n) is 2.00. The minimum absolute atomic E-state index is 0.119. The number of carbonyl (C=O) groups is 1. The molecule has 0 spiro atoms. The molecule has 0 saturated heterocycles. The van der Waals surface area contributed by atoms with Crippen LogP contribution in [0.5, 0.6) is 11.5 Å². The van der Waals surface area contributed by atoms with Crippen LogP contribution in [0, 0.1) is 5.82 Å². The van der Waals surface area contributed by atoms with E-state index in [1.165, 1.54) is 12.1 Å².